The number of H-pyrrole nitrogens is 1. The van der Waals surface area contributed by atoms with Gasteiger partial charge >= 0.3 is 0 Å². The fraction of sp³-hybridized carbons (Fsp3) is 0.154. The van der Waals surface area contributed by atoms with E-state index in [1.54, 1.807) is 36.9 Å². The molecule has 3 aromatic heterocycles. The van der Waals surface area contributed by atoms with Gasteiger partial charge in [-0.1, -0.05) is 17.7 Å². The van der Waals surface area contributed by atoms with E-state index in [0.717, 1.165) is 21.3 Å². The molecule has 0 unspecified atom stereocenters. The molecule has 8 nitrogen and oxygen atoms in total. The summed E-state index contributed by atoms with van der Waals surface area (Å²) in [6.45, 7) is 5.59. The number of nitrogens with one attached hydrogen (secondary N) is 3. The molecule has 0 radical (unpaired) electrons. The molecule has 0 spiro atoms. The van der Waals surface area contributed by atoms with Crippen LogP contribution >= 0.6 is 11.3 Å². The molecule has 3 heterocycles. The molecule has 182 valence electrons. The van der Waals surface area contributed by atoms with Crippen LogP contribution in [0.3, 0.4) is 0 Å². The first-order valence-corrected chi connectivity index (χ1v) is 12.0. The van der Waals surface area contributed by atoms with Crippen molar-refractivity contribution in [2.45, 2.75) is 20.8 Å². The average Bonchev–Trinajstić information content (AvgIpc) is 3.40. The van der Waals surface area contributed by atoms with Crippen LogP contribution in [0.4, 0.5) is 21.6 Å². The zero-order chi connectivity index (χ0) is 25.6. The summed E-state index contributed by atoms with van der Waals surface area (Å²) >= 11 is 1.35. The zero-order valence-electron chi connectivity index (χ0n) is 20.1. The Morgan fingerprint density at radius 2 is 1.89 bits per heavy atom. The number of carbonyl (C=O) groups excluding carboxylic acids is 1. The van der Waals surface area contributed by atoms with Crippen LogP contribution < -0.4 is 16.2 Å². The molecule has 5 rings (SSSR count). The zero-order valence-corrected chi connectivity index (χ0v) is 20.9. The number of anilines is 3. The molecule has 5 aromatic rings. The summed E-state index contributed by atoms with van der Waals surface area (Å²) in [5.41, 5.74) is 3.37. The Balaban J connectivity index is 1.47. The Hall–Kier alpha value is -4.31. The van der Waals surface area contributed by atoms with Gasteiger partial charge in [0.15, 0.2) is 5.82 Å². The molecule has 10 heteroatoms. The molecule has 0 fully saturated rings. The molecule has 1 amide bonds. The highest BCUT2D eigenvalue weighted by atomic mass is 32.1. The van der Waals surface area contributed by atoms with Gasteiger partial charge < -0.3 is 10.6 Å². The Morgan fingerprint density at radius 3 is 2.64 bits per heavy atom. The number of amides is 1. The van der Waals surface area contributed by atoms with E-state index in [0.29, 0.717) is 27.5 Å². The van der Waals surface area contributed by atoms with Gasteiger partial charge in [-0.15, -0.1) is 11.3 Å². The van der Waals surface area contributed by atoms with Crippen molar-refractivity contribution in [2.24, 2.45) is 7.05 Å². The van der Waals surface area contributed by atoms with Crippen molar-refractivity contribution in [3.05, 3.63) is 86.4 Å². The largest absolute Gasteiger partial charge is 0.334 e. The van der Waals surface area contributed by atoms with Crippen molar-refractivity contribution in [1.29, 1.82) is 0 Å². The molecule has 0 aliphatic carbocycles. The average molecular weight is 503 g/mol. The molecule has 0 bridgehead atoms. The number of aromatic nitrogens is 4. The molecule has 36 heavy (non-hydrogen) atoms. The number of carbonyl (C=O) groups is 1. The Labute approximate surface area is 209 Å². The number of thiophene rings is 1. The Bertz CT molecular complexity index is 1680. The number of benzene rings is 2. The fourth-order valence-electron chi connectivity index (χ4n) is 3.96. The van der Waals surface area contributed by atoms with E-state index in [1.165, 1.54) is 17.4 Å². The van der Waals surface area contributed by atoms with E-state index in [2.05, 4.69) is 25.9 Å². The summed E-state index contributed by atoms with van der Waals surface area (Å²) < 4.78 is 17.5. The maximum Gasteiger partial charge on any atom is 0.287 e. The summed E-state index contributed by atoms with van der Waals surface area (Å²) in [5.74, 6) is -0.441. The first-order chi connectivity index (χ1) is 17.2. The van der Waals surface area contributed by atoms with E-state index < -0.39 is 17.3 Å². The molecule has 0 atom stereocenters. The SMILES string of the molecule is Cc1ccc2sc(C(=O)Nc3c(F)ccc(-c4cc(Nc5cc(C)n(C)n5)c(=O)[nH]n4)c3C)cc2c1. The molecule has 0 saturated heterocycles. The first-order valence-electron chi connectivity index (χ1n) is 11.2. The van der Waals surface area contributed by atoms with Gasteiger partial charge in [-0.25, -0.2) is 9.49 Å². The van der Waals surface area contributed by atoms with E-state index in [1.807, 2.05) is 38.1 Å². The minimum Gasteiger partial charge on any atom is -0.334 e. The van der Waals surface area contributed by atoms with E-state index >= 15 is 0 Å². The van der Waals surface area contributed by atoms with Gasteiger partial charge in [-0.3, -0.25) is 14.3 Å². The number of hydrogen-bond acceptors (Lipinski definition) is 6. The third-order valence-electron chi connectivity index (χ3n) is 6.00. The Kier molecular flexibility index (Phi) is 5.89. The van der Waals surface area contributed by atoms with Crippen LogP contribution in [0.15, 0.2) is 53.3 Å². The summed E-state index contributed by atoms with van der Waals surface area (Å²) in [7, 11) is 1.81. The first kappa shape index (κ1) is 23.4. The lowest BCUT2D eigenvalue weighted by molar-refractivity contribution is 0.103. The van der Waals surface area contributed by atoms with Crippen molar-refractivity contribution in [3.8, 4) is 11.3 Å². The second-order valence-electron chi connectivity index (χ2n) is 8.62. The predicted octanol–water partition coefficient (Wildman–Crippen LogP) is 5.45. The summed E-state index contributed by atoms with van der Waals surface area (Å²) in [4.78, 5) is 25.9. The maximum absolute atomic E-state index is 14.8. The van der Waals surface area contributed by atoms with Crippen molar-refractivity contribution < 1.29 is 9.18 Å². The van der Waals surface area contributed by atoms with Crippen LogP contribution in [0.2, 0.25) is 0 Å². The van der Waals surface area contributed by atoms with Crippen LogP contribution in [-0.4, -0.2) is 25.9 Å². The van der Waals surface area contributed by atoms with Gasteiger partial charge in [0.2, 0.25) is 0 Å². The lowest BCUT2D eigenvalue weighted by Gasteiger charge is -2.13. The third-order valence-corrected chi connectivity index (χ3v) is 7.12. The normalized spacial score (nSPS) is 11.1. The molecule has 2 aromatic carbocycles. The summed E-state index contributed by atoms with van der Waals surface area (Å²) in [5, 5.41) is 17.6. The van der Waals surface area contributed by atoms with Crippen LogP contribution in [0.5, 0.6) is 0 Å². The highest BCUT2D eigenvalue weighted by Gasteiger charge is 2.18. The lowest BCUT2D eigenvalue weighted by atomic mass is 10.0. The number of fused-ring (bicyclic) bond motifs is 1. The molecule has 0 saturated carbocycles. The molecule has 0 aliphatic heterocycles. The highest BCUT2D eigenvalue weighted by molar-refractivity contribution is 7.20. The summed E-state index contributed by atoms with van der Waals surface area (Å²) in [6, 6.07) is 14.0. The molecular formula is C26H23FN6O2S. The number of hydrogen-bond donors (Lipinski definition) is 3. The monoisotopic (exact) mass is 502 g/mol. The number of nitrogens with zero attached hydrogens (tertiary/aromatic N) is 3. The van der Waals surface area contributed by atoms with Crippen LogP contribution in [0.25, 0.3) is 21.3 Å². The van der Waals surface area contributed by atoms with Crippen molar-refractivity contribution >= 4 is 44.5 Å². The summed E-state index contributed by atoms with van der Waals surface area (Å²) in [6.07, 6.45) is 0. The van der Waals surface area contributed by atoms with Gasteiger partial charge in [0.05, 0.1) is 16.3 Å². The van der Waals surface area contributed by atoms with Crippen LogP contribution in [-0.2, 0) is 7.05 Å². The molecule has 3 N–H and O–H groups in total. The number of aryl methyl sites for hydroxylation is 3. The highest BCUT2D eigenvalue weighted by Crippen LogP contribution is 2.32. The van der Waals surface area contributed by atoms with Gasteiger partial charge in [-0.05, 0) is 62.1 Å². The van der Waals surface area contributed by atoms with Crippen molar-refractivity contribution in [1.82, 2.24) is 20.0 Å². The number of aromatic amines is 1. The van der Waals surface area contributed by atoms with Gasteiger partial charge in [0, 0.05) is 29.1 Å². The van der Waals surface area contributed by atoms with Crippen molar-refractivity contribution in [2.75, 3.05) is 10.6 Å². The van der Waals surface area contributed by atoms with E-state index in [-0.39, 0.29) is 11.4 Å². The molecular weight excluding hydrogens is 479 g/mol. The van der Waals surface area contributed by atoms with Crippen molar-refractivity contribution in [3.63, 3.8) is 0 Å². The number of rotatable bonds is 5. The maximum atomic E-state index is 14.8. The predicted molar refractivity (Wildman–Crippen MR) is 141 cm³/mol. The smallest absolute Gasteiger partial charge is 0.287 e. The standard InChI is InChI=1S/C26H23FN6O2S/c1-13-5-8-21-16(9-13)11-22(36-21)26(35)29-24-15(3)17(6-7-18(24)27)19-12-20(25(34)31-30-19)28-23-10-14(2)33(4)32-23/h5-12H,1-4H3,(H,29,35)(H,31,34)(H,28,30,32). The van der Waals surface area contributed by atoms with E-state index in [4.69, 9.17) is 0 Å². The lowest BCUT2D eigenvalue weighted by Crippen LogP contribution is -2.15. The Morgan fingerprint density at radius 1 is 1.08 bits per heavy atom. The number of halogens is 1. The quantitative estimate of drug-likeness (QED) is 0.297. The van der Waals surface area contributed by atoms with Gasteiger partial charge in [0.1, 0.15) is 11.5 Å². The second-order valence-corrected chi connectivity index (χ2v) is 9.70. The van der Waals surface area contributed by atoms with Crippen LogP contribution in [0.1, 0.15) is 26.5 Å². The minimum atomic E-state index is -0.562. The third kappa shape index (κ3) is 4.38. The van der Waals surface area contributed by atoms with Gasteiger partial charge in [0.25, 0.3) is 11.5 Å². The van der Waals surface area contributed by atoms with Crippen LogP contribution in [0, 0.1) is 26.6 Å². The second kappa shape index (κ2) is 9.04. The fourth-order valence-corrected chi connectivity index (χ4v) is 4.89. The van der Waals surface area contributed by atoms with Gasteiger partial charge in [-0.2, -0.15) is 10.2 Å². The minimum absolute atomic E-state index is 0.0639. The van der Waals surface area contributed by atoms with E-state index in [9.17, 15) is 14.0 Å². The topological polar surface area (TPSA) is 105 Å². The molecule has 0 aliphatic rings.